The van der Waals surface area contributed by atoms with Gasteiger partial charge in [0.2, 0.25) is 5.95 Å². The third-order valence-corrected chi connectivity index (χ3v) is 5.77. The molecule has 0 saturated carbocycles. The van der Waals surface area contributed by atoms with Gasteiger partial charge in [0, 0.05) is 25.1 Å². The summed E-state index contributed by atoms with van der Waals surface area (Å²) in [5.41, 5.74) is -3.41. The Morgan fingerprint density at radius 3 is 2.67 bits per heavy atom. The lowest BCUT2D eigenvalue weighted by atomic mass is 9.98. The molecule has 188 valence electrons. The van der Waals surface area contributed by atoms with Gasteiger partial charge >= 0.3 is 11.9 Å². The molecule has 10 nitrogen and oxygen atoms in total. The molecular weight excluding hydrogens is 498 g/mol. The van der Waals surface area contributed by atoms with Crippen molar-refractivity contribution in [1.82, 2.24) is 34.8 Å². The summed E-state index contributed by atoms with van der Waals surface area (Å²) in [6.45, 7) is -1.21. The Balaban J connectivity index is 1.52. The molecule has 0 amide bonds. The average molecular weight is 512 g/mol. The molecule has 36 heavy (non-hydrogen) atoms. The fraction of sp³-hybridized carbons (Fsp3) is 0.300. The molecule has 5 rings (SSSR count). The first kappa shape index (κ1) is 23.5. The van der Waals surface area contributed by atoms with E-state index in [9.17, 15) is 35.9 Å². The summed E-state index contributed by atoms with van der Waals surface area (Å²) >= 11 is 0. The number of aromatic nitrogens is 7. The van der Waals surface area contributed by atoms with E-state index in [1.165, 1.54) is 11.0 Å². The van der Waals surface area contributed by atoms with Crippen LogP contribution < -0.4 is 16.1 Å². The molecule has 0 spiro atoms. The maximum atomic E-state index is 15.0. The molecule has 16 heteroatoms. The second kappa shape index (κ2) is 8.17. The van der Waals surface area contributed by atoms with Gasteiger partial charge in [-0.25, -0.2) is 18.6 Å². The molecule has 0 radical (unpaired) electrons. The number of halogens is 6. The van der Waals surface area contributed by atoms with Crippen LogP contribution in [0.1, 0.15) is 11.3 Å². The summed E-state index contributed by atoms with van der Waals surface area (Å²) in [7, 11) is 0. The Morgan fingerprint density at radius 1 is 1.17 bits per heavy atom. The molecule has 4 aromatic heterocycles. The number of nitrogens with one attached hydrogen (secondary N) is 2. The highest BCUT2D eigenvalue weighted by Crippen LogP contribution is 2.39. The molecule has 2 N–H and O–H groups in total. The van der Waals surface area contributed by atoms with Crippen molar-refractivity contribution in [3.05, 3.63) is 68.8 Å². The first-order chi connectivity index (χ1) is 16.9. The molecule has 0 aliphatic carbocycles. The minimum Gasteiger partial charge on any atom is -0.362 e. The van der Waals surface area contributed by atoms with Crippen molar-refractivity contribution in [2.24, 2.45) is 5.92 Å². The van der Waals surface area contributed by atoms with Crippen molar-refractivity contribution < 1.29 is 26.3 Å². The van der Waals surface area contributed by atoms with Gasteiger partial charge in [0.05, 0.1) is 41.4 Å². The Kier molecular flexibility index (Phi) is 5.33. The number of alkyl halides is 5. The molecule has 1 atom stereocenters. The number of imidazole rings is 1. The fourth-order valence-electron chi connectivity index (χ4n) is 4.05. The molecule has 1 aliphatic rings. The molecule has 1 aliphatic heterocycles. The number of hydrogen-bond acceptors (Lipinski definition) is 7. The van der Waals surface area contributed by atoms with Crippen LogP contribution in [0.4, 0.5) is 32.0 Å². The molecule has 1 fully saturated rings. The number of H-pyrrole nitrogens is 2. The van der Waals surface area contributed by atoms with E-state index in [-0.39, 0.29) is 34.8 Å². The van der Waals surface area contributed by atoms with Crippen LogP contribution in [0.3, 0.4) is 0 Å². The lowest BCUT2D eigenvalue weighted by Crippen LogP contribution is -2.29. The monoisotopic (exact) mass is 512 g/mol. The molecular formula is C20H14F6N8O2. The maximum absolute atomic E-state index is 15.0. The van der Waals surface area contributed by atoms with E-state index in [4.69, 9.17) is 0 Å². The molecule has 5 heterocycles. The van der Waals surface area contributed by atoms with Crippen molar-refractivity contribution in [2.45, 2.75) is 18.5 Å². The minimum atomic E-state index is -4.71. The second-order valence-corrected chi connectivity index (χ2v) is 8.19. The van der Waals surface area contributed by atoms with Crippen LogP contribution in [-0.2, 0) is 12.6 Å². The normalized spacial score (nSPS) is 17.7. The van der Waals surface area contributed by atoms with Gasteiger partial charge < -0.3 is 9.88 Å². The number of hydrogen-bond donors (Lipinski definition) is 2. The van der Waals surface area contributed by atoms with E-state index < -0.39 is 53.7 Å². The fourth-order valence-corrected chi connectivity index (χ4v) is 4.05. The van der Waals surface area contributed by atoms with Crippen LogP contribution in [0.2, 0.25) is 0 Å². The third-order valence-electron chi connectivity index (χ3n) is 5.77. The summed E-state index contributed by atoms with van der Waals surface area (Å²) in [6, 6.07) is 1.91. The van der Waals surface area contributed by atoms with Gasteiger partial charge in [0.1, 0.15) is 5.69 Å². The van der Waals surface area contributed by atoms with E-state index in [1.807, 2.05) is 4.98 Å². The average Bonchev–Trinajstić information content (AvgIpc) is 3.32. The predicted molar refractivity (Wildman–Crippen MR) is 111 cm³/mol. The number of aromatic amines is 2. The zero-order valence-corrected chi connectivity index (χ0v) is 17.9. The predicted octanol–water partition coefficient (Wildman–Crippen LogP) is 2.03. The highest BCUT2D eigenvalue weighted by atomic mass is 19.4. The van der Waals surface area contributed by atoms with Crippen molar-refractivity contribution in [3.63, 3.8) is 0 Å². The first-order valence-corrected chi connectivity index (χ1v) is 10.3. The minimum absolute atomic E-state index is 0.00630. The standard InChI is InChI=1S/C20H14F6N8O2/c21-15-6-27-16-14(3-13(32-34(15)16)12-5-28-18(36)30-17(12)35)33-7-10(19(22,23)8-33)2-11-1-9(4-29-31-11)20(24,25)26/h1,3-6,10H,2,7-8H2,(H2,28,30,35,36). The summed E-state index contributed by atoms with van der Waals surface area (Å²) in [5.74, 6) is -5.75. The van der Waals surface area contributed by atoms with E-state index >= 15 is 0 Å². The van der Waals surface area contributed by atoms with Crippen LogP contribution in [0.5, 0.6) is 0 Å². The highest BCUT2D eigenvalue weighted by molar-refractivity contribution is 5.74. The topological polar surface area (TPSA) is 125 Å². The van der Waals surface area contributed by atoms with E-state index in [0.717, 1.165) is 16.9 Å². The quantitative estimate of drug-likeness (QED) is 0.401. The van der Waals surface area contributed by atoms with Crippen LogP contribution in [-0.4, -0.2) is 53.8 Å². The Labute approximate surface area is 195 Å². The third kappa shape index (κ3) is 4.18. The van der Waals surface area contributed by atoms with Gasteiger partial charge in [-0.2, -0.15) is 37.4 Å². The SMILES string of the molecule is O=c1[nH]cc(-c2cc(N3CC(Cc4cc(C(F)(F)F)cnn4)C(F)(F)C3)c3ncc(F)n3n2)c(=O)[nH]1. The van der Waals surface area contributed by atoms with Gasteiger partial charge in [0.15, 0.2) is 5.65 Å². The summed E-state index contributed by atoms with van der Waals surface area (Å²) in [6.07, 6.45) is -2.85. The Morgan fingerprint density at radius 2 is 1.94 bits per heavy atom. The lowest BCUT2D eigenvalue weighted by Gasteiger charge is -2.19. The molecule has 1 unspecified atom stereocenters. The molecule has 0 aromatic carbocycles. The van der Waals surface area contributed by atoms with Gasteiger partial charge in [0.25, 0.3) is 11.5 Å². The van der Waals surface area contributed by atoms with E-state index in [1.54, 1.807) is 0 Å². The number of rotatable bonds is 4. The van der Waals surface area contributed by atoms with Crippen molar-refractivity contribution in [2.75, 3.05) is 18.0 Å². The van der Waals surface area contributed by atoms with Gasteiger partial charge in [-0.3, -0.25) is 9.78 Å². The van der Waals surface area contributed by atoms with Gasteiger partial charge in [-0.05, 0) is 12.1 Å². The molecule has 1 saturated heterocycles. The smallest absolute Gasteiger partial charge is 0.362 e. The van der Waals surface area contributed by atoms with Crippen LogP contribution >= 0.6 is 0 Å². The lowest BCUT2D eigenvalue weighted by molar-refractivity contribution is -0.138. The van der Waals surface area contributed by atoms with Crippen LogP contribution in [0.15, 0.2) is 40.3 Å². The largest absolute Gasteiger partial charge is 0.418 e. The van der Waals surface area contributed by atoms with E-state index in [2.05, 4.69) is 25.3 Å². The highest BCUT2D eigenvalue weighted by Gasteiger charge is 2.49. The zero-order chi connectivity index (χ0) is 25.8. The van der Waals surface area contributed by atoms with Crippen molar-refractivity contribution in [3.8, 4) is 11.3 Å². The summed E-state index contributed by atoms with van der Waals surface area (Å²) in [4.78, 5) is 32.9. The first-order valence-electron chi connectivity index (χ1n) is 10.3. The number of fused-ring (bicyclic) bond motifs is 1. The second-order valence-electron chi connectivity index (χ2n) is 8.19. The maximum Gasteiger partial charge on any atom is 0.418 e. The van der Waals surface area contributed by atoms with Crippen LogP contribution in [0.25, 0.3) is 16.9 Å². The number of anilines is 1. The molecule has 4 aromatic rings. The zero-order valence-electron chi connectivity index (χ0n) is 17.9. The number of nitrogens with zero attached hydrogens (tertiary/aromatic N) is 6. The van der Waals surface area contributed by atoms with Crippen molar-refractivity contribution in [1.29, 1.82) is 0 Å². The summed E-state index contributed by atoms with van der Waals surface area (Å²) < 4.78 is 84.0. The van der Waals surface area contributed by atoms with E-state index in [0.29, 0.717) is 12.3 Å². The molecule has 0 bridgehead atoms. The van der Waals surface area contributed by atoms with Crippen molar-refractivity contribution >= 4 is 11.3 Å². The van der Waals surface area contributed by atoms with Gasteiger partial charge in [-0.15, -0.1) is 0 Å². The van der Waals surface area contributed by atoms with Gasteiger partial charge in [-0.1, -0.05) is 0 Å². The summed E-state index contributed by atoms with van der Waals surface area (Å²) in [5, 5.41) is 10.8. The van der Waals surface area contributed by atoms with Crippen LogP contribution in [0, 0.1) is 11.9 Å². The Hall–Kier alpha value is -4.24. The Bertz CT molecular complexity index is 1580.